The predicted molar refractivity (Wildman–Crippen MR) is 52.5 cm³/mol. The smallest absolute Gasteiger partial charge is 0.431 e. The van der Waals surface area contributed by atoms with Crippen molar-refractivity contribution >= 4 is 45.9 Å². The average Bonchev–Trinajstić information content (AvgIpc) is 2.65. The van der Waals surface area contributed by atoms with Crippen LogP contribution in [-0.2, 0) is 4.74 Å². The van der Waals surface area contributed by atoms with Crippen LogP contribution in [0.15, 0.2) is 11.6 Å². The number of hydrogen-bond acceptors (Lipinski definition) is 4. The van der Waals surface area contributed by atoms with Gasteiger partial charge in [0, 0.05) is 23.4 Å². The summed E-state index contributed by atoms with van der Waals surface area (Å²) in [6.45, 7) is 0.134. The molecule has 0 N–H and O–H groups in total. The first-order valence-electron chi connectivity index (χ1n) is 3.34. The lowest BCUT2D eigenvalue weighted by Crippen LogP contribution is -2.22. The highest BCUT2D eigenvalue weighted by molar-refractivity contribution is 7.14. The second-order valence-electron chi connectivity index (χ2n) is 1.90. The van der Waals surface area contributed by atoms with Crippen molar-refractivity contribution in [3.63, 3.8) is 0 Å². The van der Waals surface area contributed by atoms with Crippen LogP contribution in [0.1, 0.15) is 0 Å². The molecule has 0 aromatic carbocycles. The molecule has 13 heavy (non-hydrogen) atoms. The summed E-state index contributed by atoms with van der Waals surface area (Å²) < 4.78 is 5.48. The highest BCUT2D eigenvalue weighted by atomic mass is 35.5. The molecule has 0 radical (unpaired) electrons. The molecular weight excluding hydrogens is 235 g/mol. The Balaban J connectivity index is 2.48. The standard InChI is InChI=1S/C6H6Cl2N2O2S/c7-1-3-12-6(11)10(8)5-9-2-4-13-5/h2,4H,1,3H2. The van der Waals surface area contributed by atoms with Gasteiger partial charge in [-0.1, -0.05) is 0 Å². The van der Waals surface area contributed by atoms with Crippen molar-refractivity contribution in [3.05, 3.63) is 11.6 Å². The van der Waals surface area contributed by atoms with Gasteiger partial charge in [-0.15, -0.1) is 22.9 Å². The van der Waals surface area contributed by atoms with E-state index in [0.717, 1.165) is 4.42 Å². The zero-order valence-electron chi connectivity index (χ0n) is 6.44. The van der Waals surface area contributed by atoms with E-state index < -0.39 is 6.09 Å². The van der Waals surface area contributed by atoms with Crippen LogP contribution in [0.3, 0.4) is 0 Å². The van der Waals surface area contributed by atoms with Crippen LogP contribution in [0.5, 0.6) is 0 Å². The Labute approximate surface area is 89.1 Å². The van der Waals surface area contributed by atoms with Crippen LogP contribution in [-0.4, -0.2) is 23.6 Å². The predicted octanol–water partition coefficient (Wildman–Crippen LogP) is 2.48. The topological polar surface area (TPSA) is 42.4 Å². The van der Waals surface area contributed by atoms with Gasteiger partial charge in [0.2, 0.25) is 5.13 Å². The fraction of sp³-hybridized carbons (Fsp3) is 0.333. The summed E-state index contributed by atoms with van der Waals surface area (Å²) in [5.74, 6) is 0.244. The van der Waals surface area contributed by atoms with Gasteiger partial charge in [-0.3, -0.25) is 0 Å². The van der Waals surface area contributed by atoms with Crippen molar-refractivity contribution in [1.82, 2.24) is 4.98 Å². The van der Waals surface area contributed by atoms with Crippen molar-refractivity contribution in [2.75, 3.05) is 16.9 Å². The number of nitrogens with zero attached hydrogens (tertiary/aromatic N) is 2. The number of amides is 1. The third-order valence-electron chi connectivity index (χ3n) is 1.05. The van der Waals surface area contributed by atoms with Crippen molar-refractivity contribution in [1.29, 1.82) is 0 Å². The maximum Gasteiger partial charge on any atom is 0.431 e. The van der Waals surface area contributed by atoms with Crippen molar-refractivity contribution < 1.29 is 9.53 Å². The molecule has 0 atom stereocenters. The molecule has 0 saturated carbocycles. The summed E-state index contributed by atoms with van der Waals surface area (Å²) in [6, 6.07) is 0. The van der Waals surface area contributed by atoms with Crippen molar-refractivity contribution in [2.24, 2.45) is 0 Å². The Hall–Kier alpha value is -0.520. The summed E-state index contributed by atoms with van der Waals surface area (Å²) in [5.41, 5.74) is 0. The molecule has 1 rings (SSSR count). The van der Waals surface area contributed by atoms with E-state index in [4.69, 9.17) is 23.4 Å². The summed E-state index contributed by atoms with van der Waals surface area (Å²) in [4.78, 5) is 14.9. The quantitative estimate of drug-likeness (QED) is 0.603. The molecule has 0 fully saturated rings. The van der Waals surface area contributed by atoms with Gasteiger partial charge in [0.25, 0.3) is 0 Å². The largest absolute Gasteiger partial charge is 0.447 e. The Morgan fingerprint density at radius 1 is 1.77 bits per heavy atom. The Kier molecular flexibility index (Phi) is 4.27. The maximum absolute atomic E-state index is 11.1. The first-order valence-corrected chi connectivity index (χ1v) is 5.09. The third kappa shape index (κ3) is 3.02. The Morgan fingerprint density at radius 3 is 3.08 bits per heavy atom. The first kappa shape index (κ1) is 10.6. The average molecular weight is 241 g/mol. The summed E-state index contributed by atoms with van der Waals surface area (Å²) in [6.07, 6.45) is 0.877. The SMILES string of the molecule is O=C(OCCCl)N(Cl)c1nccs1. The first-order chi connectivity index (χ1) is 6.25. The number of ether oxygens (including phenoxy) is 1. The summed E-state index contributed by atoms with van der Waals surface area (Å²) in [5, 5.41) is 2.08. The normalized spacial score (nSPS) is 9.69. The number of thiazole rings is 1. The van der Waals surface area contributed by atoms with Gasteiger partial charge in [0.15, 0.2) is 0 Å². The van der Waals surface area contributed by atoms with E-state index in [2.05, 4.69) is 9.72 Å². The number of rotatable bonds is 3. The molecule has 0 aliphatic heterocycles. The monoisotopic (exact) mass is 240 g/mol. The lowest BCUT2D eigenvalue weighted by Gasteiger charge is -2.09. The van der Waals surface area contributed by atoms with Gasteiger partial charge in [-0.2, -0.15) is 4.42 Å². The number of halogens is 2. The van der Waals surface area contributed by atoms with Gasteiger partial charge in [0.1, 0.15) is 6.61 Å². The molecule has 0 aliphatic rings. The van der Waals surface area contributed by atoms with Crippen LogP contribution < -0.4 is 4.42 Å². The summed E-state index contributed by atoms with van der Waals surface area (Å²) in [7, 11) is 0. The van der Waals surface area contributed by atoms with E-state index in [1.165, 1.54) is 11.3 Å². The second kappa shape index (κ2) is 5.26. The maximum atomic E-state index is 11.1. The minimum Gasteiger partial charge on any atom is -0.447 e. The fourth-order valence-corrected chi connectivity index (χ4v) is 1.39. The van der Waals surface area contributed by atoms with Gasteiger partial charge in [0.05, 0.1) is 5.88 Å². The minimum absolute atomic E-state index is 0.134. The molecular formula is C6H6Cl2N2O2S. The molecule has 1 amide bonds. The third-order valence-corrected chi connectivity index (χ3v) is 2.36. The highest BCUT2D eigenvalue weighted by Crippen LogP contribution is 2.19. The van der Waals surface area contributed by atoms with E-state index in [1.54, 1.807) is 11.6 Å². The molecule has 1 aromatic rings. The molecule has 72 valence electrons. The number of carbonyl (C=O) groups is 1. The van der Waals surface area contributed by atoms with E-state index in [-0.39, 0.29) is 12.5 Å². The molecule has 1 heterocycles. The van der Waals surface area contributed by atoms with Crippen LogP contribution in [0, 0.1) is 0 Å². The number of aromatic nitrogens is 1. The van der Waals surface area contributed by atoms with E-state index >= 15 is 0 Å². The van der Waals surface area contributed by atoms with Crippen LogP contribution in [0.4, 0.5) is 9.93 Å². The zero-order valence-corrected chi connectivity index (χ0v) is 8.77. The Bertz CT molecular complexity index is 268. The van der Waals surface area contributed by atoms with Crippen molar-refractivity contribution in [3.8, 4) is 0 Å². The number of anilines is 1. The minimum atomic E-state index is -0.669. The molecule has 0 saturated heterocycles. The fourth-order valence-electron chi connectivity index (χ4n) is 0.574. The number of hydrogen-bond donors (Lipinski definition) is 0. The lowest BCUT2D eigenvalue weighted by molar-refractivity contribution is 0.165. The molecule has 1 aromatic heterocycles. The summed E-state index contributed by atoms with van der Waals surface area (Å²) >= 11 is 12.2. The second-order valence-corrected chi connectivity index (χ2v) is 3.49. The zero-order chi connectivity index (χ0) is 9.68. The van der Waals surface area contributed by atoms with Crippen LogP contribution >= 0.6 is 34.7 Å². The van der Waals surface area contributed by atoms with Crippen LogP contribution in [0.2, 0.25) is 0 Å². The van der Waals surface area contributed by atoms with E-state index in [0.29, 0.717) is 5.13 Å². The van der Waals surface area contributed by atoms with Gasteiger partial charge in [-0.25, -0.2) is 9.78 Å². The van der Waals surface area contributed by atoms with Gasteiger partial charge in [-0.05, 0) is 0 Å². The highest BCUT2D eigenvalue weighted by Gasteiger charge is 2.16. The molecule has 0 unspecified atom stereocenters. The van der Waals surface area contributed by atoms with E-state index in [9.17, 15) is 4.79 Å². The van der Waals surface area contributed by atoms with E-state index in [1.807, 2.05) is 0 Å². The lowest BCUT2D eigenvalue weighted by atomic mass is 10.8. The Morgan fingerprint density at radius 2 is 2.54 bits per heavy atom. The molecule has 0 bridgehead atoms. The molecule has 0 aliphatic carbocycles. The molecule has 4 nitrogen and oxygen atoms in total. The van der Waals surface area contributed by atoms with Gasteiger partial charge >= 0.3 is 6.09 Å². The molecule has 7 heteroatoms. The van der Waals surface area contributed by atoms with Crippen LogP contribution in [0.25, 0.3) is 0 Å². The number of carbonyl (C=O) groups excluding carboxylic acids is 1. The van der Waals surface area contributed by atoms with Crippen molar-refractivity contribution in [2.45, 2.75) is 0 Å². The number of alkyl halides is 1. The molecule has 0 spiro atoms. The van der Waals surface area contributed by atoms with Gasteiger partial charge < -0.3 is 4.74 Å².